The first-order chi connectivity index (χ1) is 18.7. The van der Waals surface area contributed by atoms with Crippen LogP contribution in [0.1, 0.15) is 69.6 Å². The van der Waals surface area contributed by atoms with Gasteiger partial charge in [-0.25, -0.2) is 9.37 Å². The molecule has 1 N–H and O–H groups in total. The Morgan fingerprint density at radius 1 is 1.08 bits per heavy atom. The number of halogens is 1. The molecule has 39 heavy (non-hydrogen) atoms. The molecule has 0 saturated heterocycles. The van der Waals surface area contributed by atoms with Gasteiger partial charge in [0, 0.05) is 30.3 Å². The fourth-order valence-corrected chi connectivity index (χ4v) is 5.27. The van der Waals surface area contributed by atoms with Gasteiger partial charge in [-0.2, -0.15) is 0 Å². The van der Waals surface area contributed by atoms with Crippen LogP contribution in [0.4, 0.5) is 4.39 Å². The second kappa shape index (κ2) is 12.6. The Morgan fingerprint density at radius 2 is 1.82 bits per heavy atom. The lowest BCUT2D eigenvalue weighted by molar-refractivity contribution is -0.137. The van der Waals surface area contributed by atoms with Crippen LogP contribution in [0.25, 0.3) is 11.1 Å². The first-order valence-corrected chi connectivity index (χ1v) is 13.7. The zero-order valence-corrected chi connectivity index (χ0v) is 23.5. The number of benzene rings is 2. The first-order valence-electron chi connectivity index (χ1n) is 13.7. The monoisotopic (exact) mass is 534 g/mol. The lowest BCUT2D eigenvalue weighted by Gasteiger charge is -2.31. The third-order valence-electron chi connectivity index (χ3n) is 7.46. The number of rotatable bonds is 13. The van der Waals surface area contributed by atoms with Crippen molar-refractivity contribution in [1.82, 2.24) is 9.88 Å². The molecule has 1 heterocycles. The third-order valence-corrected chi connectivity index (χ3v) is 7.46. The molecular weight excluding hydrogens is 495 g/mol. The highest BCUT2D eigenvalue weighted by Crippen LogP contribution is 2.45. The van der Waals surface area contributed by atoms with E-state index < -0.39 is 11.8 Å². The fraction of sp³-hybridized carbons (Fsp3) is 0.438. The minimum atomic E-state index is -0.772. The standard InChI is InChI=1S/C32H39FN2O4/c1-20(2)35(21(3)4)18-25-13-22(9-12-27(25)29-15-31(38-5)34-17-30(29)33)19-39-26-8-6-7-24(14-26)28(16-32(36)37)23-10-11-23/h6-9,12-15,17,20-21,23,28H,10-11,16,18-19H2,1-5H3,(H,36,37)/t28-/m0/s1. The number of carbonyl (C=O) groups is 1. The average molecular weight is 535 g/mol. The van der Waals surface area contributed by atoms with Crippen molar-refractivity contribution in [3.05, 3.63) is 77.2 Å². The van der Waals surface area contributed by atoms with Crippen molar-refractivity contribution in [3.8, 4) is 22.8 Å². The predicted octanol–water partition coefficient (Wildman–Crippen LogP) is 7.06. The second-order valence-electron chi connectivity index (χ2n) is 11.0. The normalized spacial score (nSPS) is 14.2. The zero-order chi connectivity index (χ0) is 28.1. The first kappa shape index (κ1) is 28.6. The predicted molar refractivity (Wildman–Crippen MR) is 150 cm³/mol. The van der Waals surface area contributed by atoms with Gasteiger partial charge in [-0.1, -0.05) is 30.3 Å². The van der Waals surface area contributed by atoms with Gasteiger partial charge >= 0.3 is 5.97 Å². The summed E-state index contributed by atoms with van der Waals surface area (Å²) in [7, 11) is 1.52. The highest BCUT2D eigenvalue weighted by molar-refractivity contribution is 5.69. The maximum atomic E-state index is 14.9. The molecule has 1 saturated carbocycles. The molecule has 0 bridgehead atoms. The number of aliphatic carboxylic acids is 1. The molecule has 0 unspecified atom stereocenters. The lowest BCUT2D eigenvalue weighted by atomic mass is 9.91. The summed E-state index contributed by atoms with van der Waals surface area (Å²) >= 11 is 0. The highest BCUT2D eigenvalue weighted by Gasteiger charge is 2.33. The summed E-state index contributed by atoms with van der Waals surface area (Å²) in [5, 5.41) is 9.38. The number of hydrogen-bond donors (Lipinski definition) is 1. The van der Waals surface area contributed by atoms with Gasteiger partial charge in [0.05, 0.1) is 19.7 Å². The van der Waals surface area contributed by atoms with Gasteiger partial charge in [0.15, 0.2) is 0 Å². The van der Waals surface area contributed by atoms with Crippen LogP contribution < -0.4 is 9.47 Å². The molecule has 1 fully saturated rings. The lowest BCUT2D eigenvalue weighted by Crippen LogP contribution is -2.36. The number of carboxylic acid groups (broad SMARTS) is 1. The van der Waals surface area contributed by atoms with Crippen LogP contribution >= 0.6 is 0 Å². The van der Waals surface area contributed by atoms with E-state index in [9.17, 15) is 14.3 Å². The molecule has 0 amide bonds. The number of ether oxygens (including phenoxy) is 2. The fourth-order valence-electron chi connectivity index (χ4n) is 5.27. The van der Waals surface area contributed by atoms with Crippen LogP contribution in [0.5, 0.6) is 11.6 Å². The van der Waals surface area contributed by atoms with E-state index in [1.54, 1.807) is 6.07 Å². The Kier molecular flexibility index (Phi) is 9.23. The Balaban J connectivity index is 1.61. The molecule has 1 atom stereocenters. The summed E-state index contributed by atoms with van der Waals surface area (Å²) in [5.74, 6) is 0.355. The van der Waals surface area contributed by atoms with Gasteiger partial charge in [0.25, 0.3) is 0 Å². The molecule has 7 heteroatoms. The van der Waals surface area contributed by atoms with Gasteiger partial charge in [-0.15, -0.1) is 0 Å². The molecule has 0 radical (unpaired) electrons. The van der Waals surface area contributed by atoms with Gasteiger partial charge in [0.1, 0.15) is 18.2 Å². The van der Waals surface area contributed by atoms with E-state index in [4.69, 9.17) is 9.47 Å². The molecule has 208 valence electrons. The van der Waals surface area contributed by atoms with Crippen molar-refractivity contribution in [2.24, 2.45) is 5.92 Å². The van der Waals surface area contributed by atoms with Gasteiger partial charge in [-0.05, 0) is 86.8 Å². The van der Waals surface area contributed by atoms with Crippen LogP contribution in [0.15, 0.2) is 54.7 Å². The van der Waals surface area contributed by atoms with E-state index in [1.165, 1.54) is 13.3 Å². The molecule has 0 spiro atoms. The summed E-state index contributed by atoms with van der Waals surface area (Å²) in [6, 6.07) is 16.0. The van der Waals surface area contributed by atoms with E-state index in [1.807, 2.05) is 36.4 Å². The van der Waals surface area contributed by atoms with Crippen molar-refractivity contribution in [1.29, 1.82) is 0 Å². The summed E-state index contributed by atoms with van der Waals surface area (Å²) in [6.45, 7) is 9.64. The van der Waals surface area contributed by atoms with Crippen molar-refractivity contribution < 1.29 is 23.8 Å². The molecule has 1 aliphatic rings. The van der Waals surface area contributed by atoms with E-state index in [-0.39, 0.29) is 12.3 Å². The minimum Gasteiger partial charge on any atom is -0.489 e. The number of nitrogens with zero attached hydrogens (tertiary/aromatic N) is 2. The average Bonchev–Trinajstić information content (AvgIpc) is 3.75. The Hall–Kier alpha value is -3.45. The van der Waals surface area contributed by atoms with Crippen LogP contribution in [0, 0.1) is 11.7 Å². The SMILES string of the molecule is COc1cc(-c2ccc(COc3cccc([C@@H](CC(=O)O)C4CC4)c3)cc2CN(C(C)C)C(C)C)c(F)cn1. The maximum Gasteiger partial charge on any atom is 0.303 e. The minimum absolute atomic E-state index is 0.0160. The van der Waals surface area contributed by atoms with Crippen LogP contribution in [0.3, 0.4) is 0 Å². The van der Waals surface area contributed by atoms with E-state index in [0.717, 1.165) is 35.1 Å². The van der Waals surface area contributed by atoms with Gasteiger partial charge < -0.3 is 14.6 Å². The number of carboxylic acids is 1. The zero-order valence-electron chi connectivity index (χ0n) is 23.5. The van der Waals surface area contributed by atoms with Crippen molar-refractivity contribution in [2.45, 2.75) is 78.1 Å². The smallest absolute Gasteiger partial charge is 0.303 e. The van der Waals surface area contributed by atoms with Crippen molar-refractivity contribution >= 4 is 5.97 Å². The maximum absolute atomic E-state index is 14.9. The van der Waals surface area contributed by atoms with E-state index in [0.29, 0.717) is 48.3 Å². The quantitative estimate of drug-likeness (QED) is 0.253. The van der Waals surface area contributed by atoms with E-state index in [2.05, 4.69) is 43.6 Å². The highest BCUT2D eigenvalue weighted by atomic mass is 19.1. The summed E-state index contributed by atoms with van der Waals surface area (Å²) < 4.78 is 26.4. The number of pyridine rings is 1. The van der Waals surface area contributed by atoms with Crippen LogP contribution in [0.2, 0.25) is 0 Å². The summed E-state index contributed by atoms with van der Waals surface area (Å²) in [4.78, 5) is 17.8. The molecule has 6 nitrogen and oxygen atoms in total. The number of aromatic nitrogens is 1. The third kappa shape index (κ3) is 7.35. The molecule has 1 aliphatic carbocycles. The van der Waals surface area contributed by atoms with Crippen molar-refractivity contribution in [2.75, 3.05) is 7.11 Å². The van der Waals surface area contributed by atoms with E-state index >= 15 is 0 Å². The van der Waals surface area contributed by atoms with Crippen LogP contribution in [-0.2, 0) is 17.9 Å². The Bertz CT molecular complexity index is 1280. The van der Waals surface area contributed by atoms with Gasteiger partial charge in [0.2, 0.25) is 5.88 Å². The van der Waals surface area contributed by atoms with Gasteiger partial charge in [-0.3, -0.25) is 9.69 Å². The molecule has 3 aromatic rings. The Labute approximate surface area is 230 Å². The molecule has 2 aromatic carbocycles. The largest absolute Gasteiger partial charge is 0.489 e. The molecule has 4 rings (SSSR count). The summed E-state index contributed by atoms with van der Waals surface area (Å²) in [6.07, 6.45) is 3.49. The number of methoxy groups -OCH3 is 1. The molecular formula is C32H39FN2O4. The molecule has 1 aromatic heterocycles. The van der Waals surface area contributed by atoms with Crippen LogP contribution in [-0.4, -0.2) is 40.2 Å². The second-order valence-corrected chi connectivity index (χ2v) is 11.0. The van der Waals surface area contributed by atoms with Crippen molar-refractivity contribution in [3.63, 3.8) is 0 Å². The summed E-state index contributed by atoms with van der Waals surface area (Å²) in [5.41, 5.74) is 4.23. The number of hydrogen-bond acceptors (Lipinski definition) is 5. The topological polar surface area (TPSA) is 71.9 Å². The molecule has 0 aliphatic heterocycles. The Morgan fingerprint density at radius 3 is 2.46 bits per heavy atom.